The fourth-order valence-electron chi connectivity index (χ4n) is 6.43. The molecule has 3 aliphatic heterocycles. The molecular formula is C28H38BrN3O6. The number of fused-ring (bicyclic) bond motifs is 1. The van der Waals surface area contributed by atoms with Crippen LogP contribution in [0, 0.1) is 11.8 Å². The molecule has 38 heavy (non-hydrogen) atoms. The summed E-state index contributed by atoms with van der Waals surface area (Å²) in [5.74, 6) is -2.68. The molecule has 3 saturated heterocycles. The number of likely N-dealkylation sites (tertiary alicyclic amines) is 1. The quantitative estimate of drug-likeness (QED) is 0.227. The van der Waals surface area contributed by atoms with E-state index in [9.17, 15) is 19.5 Å². The number of carbonyl (C=O) groups excluding carboxylic acids is 3. The average Bonchev–Trinajstić information content (AvgIpc) is 3.50. The highest BCUT2D eigenvalue weighted by Gasteiger charge is 2.77. The molecule has 4 rings (SSSR count). The largest absolute Gasteiger partial charge is 0.466 e. The van der Waals surface area contributed by atoms with Crippen LogP contribution in [0.2, 0.25) is 0 Å². The maximum Gasteiger partial charge on any atom is 0.312 e. The standard InChI is InChI=1S/C28H38BrN3O6/c1-5-14-31(19-12-10-18(11-13-19)30(6-2)7-3)26(35)24-28-17-20(29)23(38-28)21(27(36)37-8-4)22(28)25(34)32(24)15-9-16-33/h5,10-13,20-24,33H,1,6-9,14-17H2,2-4H3/t20?,21-,22+,23-,24-,28+/m0/s1. The fraction of sp³-hybridized carbons (Fsp3) is 0.607. The van der Waals surface area contributed by atoms with Crippen molar-refractivity contribution in [2.45, 2.75) is 56.2 Å². The lowest BCUT2D eigenvalue weighted by molar-refractivity contribution is -0.154. The Labute approximate surface area is 232 Å². The number of hydrogen-bond donors (Lipinski definition) is 1. The van der Waals surface area contributed by atoms with Crippen LogP contribution in [-0.4, -0.2) is 89.8 Å². The van der Waals surface area contributed by atoms with Crippen LogP contribution in [0.4, 0.5) is 11.4 Å². The summed E-state index contributed by atoms with van der Waals surface area (Å²) in [6.45, 7) is 12.0. The zero-order valence-corrected chi connectivity index (χ0v) is 23.9. The third kappa shape index (κ3) is 4.64. The second kappa shape index (κ2) is 11.8. The molecule has 10 heteroatoms. The molecule has 1 spiro atoms. The summed E-state index contributed by atoms with van der Waals surface area (Å²) in [5, 5.41) is 9.54. The number of hydrogen-bond acceptors (Lipinski definition) is 7. The maximum atomic E-state index is 14.4. The van der Waals surface area contributed by atoms with Gasteiger partial charge in [-0.15, -0.1) is 6.58 Å². The molecule has 2 amide bonds. The van der Waals surface area contributed by atoms with Crippen LogP contribution in [-0.2, 0) is 23.9 Å². The monoisotopic (exact) mass is 591 g/mol. The number of nitrogens with zero attached hydrogens (tertiary/aromatic N) is 3. The lowest BCUT2D eigenvalue weighted by Gasteiger charge is -2.37. The number of aliphatic hydroxyl groups excluding tert-OH is 1. The number of ether oxygens (including phenoxy) is 2. The Morgan fingerprint density at radius 3 is 2.47 bits per heavy atom. The normalized spacial score (nSPS) is 29.3. The van der Waals surface area contributed by atoms with Gasteiger partial charge in [0, 0.05) is 49.0 Å². The highest BCUT2D eigenvalue weighted by atomic mass is 79.9. The Morgan fingerprint density at radius 2 is 1.89 bits per heavy atom. The van der Waals surface area contributed by atoms with E-state index in [1.165, 1.54) is 4.90 Å². The van der Waals surface area contributed by atoms with E-state index >= 15 is 0 Å². The molecule has 1 unspecified atom stereocenters. The van der Waals surface area contributed by atoms with E-state index < -0.39 is 35.6 Å². The van der Waals surface area contributed by atoms with Crippen molar-refractivity contribution in [2.75, 3.05) is 49.2 Å². The third-order valence-corrected chi connectivity index (χ3v) is 8.85. The van der Waals surface area contributed by atoms with Gasteiger partial charge < -0.3 is 29.3 Å². The van der Waals surface area contributed by atoms with Crippen LogP contribution in [0.25, 0.3) is 0 Å². The molecule has 0 radical (unpaired) electrons. The van der Waals surface area contributed by atoms with Crippen LogP contribution < -0.4 is 9.80 Å². The Balaban J connectivity index is 1.74. The predicted molar refractivity (Wildman–Crippen MR) is 148 cm³/mol. The number of anilines is 2. The van der Waals surface area contributed by atoms with Gasteiger partial charge in [-0.25, -0.2) is 0 Å². The molecule has 9 nitrogen and oxygen atoms in total. The SMILES string of the molecule is C=CCN(C(=O)[C@@H]1N(CCCO)C(=O)[C@H]2[C@H](C(=O)OCC)[C@H]3O[C@@]12CC3Br)c1ccc(N(CC)CC)cc1. The van der Waals surface area contributed by atoms with E-state index in [-0.39, 0.29) is 42.9 Å². The number of aliphatic hydroxyl groups is 1. The molecule has 3 aliphatic rings. The summed E-state index contributed by atoms with van der Waals surface area (Å²) in [6.07, 6.45) is 1.82. The number of alkyl halides is 1. The van der Waals surface area contributed by atoms with Gasteiger partial charge in [-0.05, 0) is 57.9 Å². The number of esters is 1. The van der Waals surface area contributed by atoms with E-state index in [0.717, 1.165) is 18.8 Å². The van der Waals surface area contributed by atoms with Gasteiger partial charge in [0.15, 0.2) is 0 Å². The Hall–Kier alpha value is -2.43. The second-order valence-electron chi connectivity index (χ2n) is 9.95. The predicted octanol–water partition coefficient (Wildman–Crippen LogP) is 2.75. The van der Waals surface area contributed by atoms with E-state index in [2.05, 4.69) is 41.3 Å². The van der Waals surface area contributed by atoms with Crippen LogP contribution in [0.3, 0.4) is 0 Å². The summed E-state index contributed by atoms with van der Waals surface area (Å²) in [7, 11) is 0. The van der Waals surface area contributed by atoms with Crippen molar-refractivity contribution < 1.29 is 29.0 Å². The van der Waals surface area contributed by atoms with Gasteiger partial charge in [0.05, 0.1) is 24.5 Å². The van der Waals surface area contributed by atoms with Crippen LogP contribution in [0.5, 0.6) is 0 Å². The molecule has 1 aromatic rings. The first-order valence-corrected chi connectivity index (χ1v) is 14.4. The first-order chi connectivity index (χ1) is 18.3. The van der Waals surface area contributed by atoms with Crippen molar-refractivity contribution >= 4 is 45.1 Å². The number of rotatable bonds is 12. The minimum atomic E-state index is -1.17. The second-order valence-corrected chi connectivity index (χ2v) is 11.1. The minimum absolute atomic E-state index is 0.128. The van der Waals surface area contributed by atoms with Gasteiger partial charge in [-0.1, -0.05) is 22.0 Å². The highest BCUT2D eigenvalue weighted by molar-refractivity contribution is 9.09. The molecule has 1 aromatic carbocycles. The Morgan fingerprint density at radius 1 is 1.24 bits per heavy atom. The zero-order valence-electron chi connectivity index (χ0n) is 22.3. The van der Waals surface area contributed by atoms with Gasteiger partial charge >= 0.3 is 5.97 Å². The van der Waals surface area contributed by atoms with E-state index in [1.54, 1.807) is 17.9 Å². The first kappa shape index (κ1) is 28.6. The molecule has 2 bridgehead atoms. The molecule has 0 saturated carbocycles. The van der Waals surface area contributed by atoms with Gasteiger partial charge in [-0.3, -0.25) is 14.4 Å². The molecule has 0 aromatic heterocycles. The molecule has 6 atom stereocenters. The van der Waals surface area contributed by atoms with Gasteiger partial charge in [0.25, 0.3) is 5.91 Å². The van der Waals surface area contributed by atoms with Crippen molar-refractivity contribution in [3.8, 4) is 0 Å². The summed E-state index contributed by atoms with van der Waals surface area (Å²) >= 11 is 3.66. The number of carbonyl (C=O) groups is 3. The highest BCUT2D eigenvalue weighted by Crippen LogP contribution is 2.60. The van der Waals surface area contributed by atoms with Crippen LogP contribution >= 0.6 is 15.9 Å². The van der Waals surface area contributed by atoms with Crippen molar-refractivity contribution in [3.05, 3.63) is 36.9 Å². The van der Waals surface area contributed by atoms with Gasteiger partial charge in [0.1, 0.15) is 11.6 Å². The smallest absolute Gasteiger partial charge is 0.312 e. The summed E-state index contributed by atoms with van der Waals surface area (Å²) in [6, 6.07) is 6.83. The van der Waals surface area contributed by atoms with Crippen molar-refractivity contribution in [3.63, 3.8) is 0 Å². The number of benzene rings is 1. The molecule has 3 fully saturated rings. The minimum Gasteiger partial charge on any atom is -0.466 e. The first-order valence-electron chi connectivity index (χ1n) is 13.5. The van der Waals surface area contributed by atoms with Crippen molar-refractivity contribution in [1.82, 2.24) is 4.90 Å². The maximum absolute atomic E-state index is 14.4. The fourth-order valence-corrected chi connectivity index (χ4v) is 7.37. The van der Waals surface area contributed by atoms with E-state index in [4.69, 9.17) is 9.47 Å². The topological polar surface area (TPSA) is 99.6 Å². The lowest BCUT2D eigenvalue weighted by atomic mass is 9.70. The Kier molecular flexibility index (Phi) is 8.84. The van der Waals surface area contributed by atoms with Crippen molar-refractivity contribution in [1.29, 1.82) is 0 Å². The van der Waals surface area contributed by atoms with Crippen LogP contribution in [0.1, 0.15) is 33.6 Å². The summed E-state index contributed by atoms with van der Waals surface area (Å²) < 4.78 is 11.8. The third-order valence-electron chi connectivity index (χ3n) is 8.01. The Bertz CT molecular complexity index is 1050. The molecule has 0 aliphatic carbocycles. The average molecular weight is 593 g/mol. The molecule has 3 heterocycles. The number of halogens is 1. The van der Waals surface area contributed by atoms with Crippen molar-refractivity contribution in [2.24, 2.45) is 11.8 Å². The van der Waals surface area contributed by atoms with E-state index in [0.29, 0.717) is 18.5 Å². The van der Waals surface area contributed by atoms with Gasteiger partial charge in [0.2, 0.25) is 5.91 Å². The molecule has 1 N–H and O–H groups in total. The molecular weight excluding hydrogens is 554 g/mol. The number of amides is 2. The summed E-state index contributed by atoms with van der Waals surface area (Å²) in [4.78, 5) is 46.4. The lowest BCUT2D eigenvalue weighted by Crippen LogP contribution is -2.57. The van der Waals surface area contributed by atoms with E-state index in [1.807, 2.05) is 24.3 Å². The molecule has 208 valence electrons. The zero-order chi connectivity index (χ0) is 27.6. The van der Waals surface area contributed by atoms with Gasteiger partial charge in [-0.2, -0.15) is 0 Å². The van der Waals surface area contributed by atoms with Crippen LogP contribution in [0.15, 0.2) is 36.9 Å². The summed E-state index contributed by atoms with van der Waals surface area (Å²) in [5.41, 5.74) is 0.576.